The Morgan fingerprint density at radius 1 is 1.30 bits per heavy atom. The highest BCUT2D eigenvalue weighted by molar-refractivity contribution is 5.75. The number of rotatable bonds is 7. The maximum atomic E-state index is 12.2. The maximum Gasteiger partial charge on any atom is 0.390 e. The summed E-state index contributed by atoms with van der Waals surface area (Å²) in [6.07, 6.45) is -1.44. The molecule has 1 aromatic rings. The zero-order valence-electron chi connectivity index (χ0n) is 13.6. The molecular formula is C16H25F3N4. The smallest absolute Gasteiger partial charge is 0.390 e. The minimum absolute atomic E-state index is 0.0935. The first-order chi connectivity index (χ1) is 10.8. The van der Waals surface area contributed by atoms with E-state index in [1.54, 1.807) is 7.05 Å². The SMILES string of the molecule is CNc1cc(N(C)C2CCC2)c(CNCCC(F)(F)F)cc1N. The van der Waals surface area contributed by atoms with Gasteiger partial charge in [0, 0.05) is 38.9 Å². The highest BCUT2D eigenvalue weighted by atomic mass is 19.4. The third kappa shape index (κ3) is 4.67. The average molecular weight is 330 g/mol. The van der Waals surface area contributed by atoms with Crippen molar-refractivity contribution in [3.8, 4) is 0 Å². The molecule has 4 nitrogen and oxygen atoms in total. The summed E-state index contributed by atoms with van der Waals surface area (Å²) in [6.45, 7) is 0.278. The van der Waals surface area contributed by atoms with Crippen molar-refractivity contribution in [1.82, 2.24) is 5.32 Å². The fraction of sp³-hybridized carbons (Fsp3) is 0.625. The summed E-state index contributed by atoms with van der Waals surface area (Å²) >= 11 is 0. The molecule has 0 atom stereocenters. The molecule has 4 N–H and O–H groups in total. The number of nitrogens with two attached hydrogens (primary N) is 1. The van der Waals surface area contributed by atoms with E-state index in [-0.39, 0.29) is 6.54 Å². The number of nitrogens with one attached hydrogen (secondary N) is 2. The fourth-order valence-electron chi connectivity index (χ4n) is 2.76. The molecule has 1 aliphatic rings. The molecule has 0 aliphatic heterocycles. The van der Waals surface area contributed by atoms with Crippen LogP contribution in [-0.4, -0.2) is 32.9 Å². The third-order valence-electron chi connectivity index (χ3n) is 4.42. The van der Waals surface area contributed by atoms with Gasteiger partial charge in [-0.2, -0.15) is 13.2 Å². The van der Waals surface area contributed by atoms with Crippen LogP contribution in [0.15, 0.2) is 12.1 Å². The Morgan fingerprint density at radius 3 is 2.52 bits per heavy atom. The third-order valence-corrected chi connectivity index (χ3v) is 4.42. The van der Waals surface area contributed by atoms with Crippen LogP contribution in [-0.2, 0) is 6.54 Å². The van der Waals surface area contributed by atoms with E-state index in [0.717, 1.165) is 29.8 Å². The van der Waals surface area contributed by atoms with Gasteiger partial charge in [0.1, 0.15) is 0 Å². The topological polar surface area (TPSA) is 53.3 Å². The van der Waals surface area contributed by atoms with Gasteiger partial charge in [0.15, 0.2) is 0 Å². The second kappa shape index (κ2) is 7.29. The summed E-state index contributed by atoms with van der Waals surface area (Å²) in [7, 11) is 3.84. The number of benzene rings is 1. The van der Waals surface area contributed by atoms with Gasteiger partial charge in [-0.1, -0.05) is 0 Å². The molecule has 0 unspecified atom stereocenters. The summed E-state index contributed by atoms with van der Waals surface area (Å²) in [5.41, 5.74) is 9.40. The Balaban J connectivity index is 2.10. The number of nitrogens with zero attached hydrogens (tertiary/aromatic N) is 1. The molecule has 0 spiro atoms. The molecule has 0 aromatic heterocycles. The van der Waals surface area contributed by atoms with Gasteiger partial charge in [-0.3, -0.25) is 0 Å². The van der Waals surface area contributed by atoms with E-state index < -0.39 is 12.6 Å². The first-order valence-corrected chi connectivity index (χ1v) is 7.92. The van der Waals surface area contributed by atoms with Gasteiger partial charge < -0.3 is 21.3 Å². The van der Waals surface area contributed by atoms with Crippen molar-refractivity contribution in [2.24, 2.45) is 0 Å². The van der Waals surface area contributed by atoms with E-state index in [1.165, 1.54) is 6.42 Å². The van der Waals surface area contributed by atoms with Gasteiger partial charge in [0.2, 0.25) is 0 Å². The highest BCUT2D eigenvalue weighted by Gasteiger charge is 2.27. The summed E-state index contributed by atoms with van der Waals surface area (Å²) < 4.78 is 36.7. The van der Waals surface area contributed by atoms with Crippen LogP contribution in [0.25, 0.3) is 0 Å². The minimum atomic E-state index is -4.13. The highest BCUT2D eigenvalue weighted by Crippen LogP contribution is 2.34. The molecule has 2 rings (SSSR count). The summed E-state index contributed by atoms with van der Waals surface area (Å²) in [5.74, 6) is 0. The minimum Gasteiger partial charge on any atom is -0.397 e. The normalized spacial score (nSPS) is 15.3. The predicted octanol–water partition coefficient (Wildman–Crippen LogP) is 3.34. The van der Waals surface area contributed by atoms with Crippen LogP contribution in [0.5, 0.6) is 0 Å². The molecule has 1 aliphatic carbocycles. The van der Waals surface area contributed by atoms with E-state index in [4.69, 9.17) is 5.73 Å². The molecule has 0 heterocycles. The number of anilines is 3. The zero-order chi connectivity index (χ0) is 17.0. The van der Waals surface area contributed by atoms with Crippen molar-refractivity contribution in [2.75, 3.05) is 36.6 Å². The van der Waals surface area contributed by atoms with Crippen LogP contribution in [0, 0.1) is 0 Å². The Hall–Kier alpha value is -1.63. The van der Waals surface area contributed by atoms with Gasteiger partial charge in [-0.25, -0.2) is 0 Å². The molecule has 23 heavy (non-hydrogen) atoms. The first kappa shape index (κ1) is 17.7. The number of hydrogen-bond donors (Lipinski definition) is 3. The molecule has 0 bridgehead atoms. The van der Waals surface area contributed by atoms with E-state index in [1.807, 2.05) is 19.2 Å². The van der Waals surface area contributed by atoms with Gasteiger partial charge in [0.05, 0.1) is 17.8 Å². The van der Waals surface area contributed by atoms with Crippen LogP contribution in [0.1, 0.15) is 31.2 Å². The first-order valence-electron chi connectivity index (χ1n) is 7.92. The Bertz CT molecular complexity index is 527. The van der Waals surface area contributed by atoms with Crippen molar-refractivity contribution >= 4 is 17.1 Å². The van der Waals surface area contributed by atoms with E-state index in [9.17, 15) is 13.2 Å². The van der Waals surface area contributed by atoms with Crippen molar-refractivity contribution in [2.45, 2.75) is 44.4 Å². The predicted molar refractivity (Wildman–Crippen MR) is 88.8 cm³/mol. The van der Waals surface area contributed by atoms with Crippen LogP contribution < -0.4 is 21.3 Å². The summed E-state index contributed by atoms with van der Waals surface area (Å²) in [6, 6.07) is 4.32. The molecule has 130 valence electrons. The van der Waals surface area contributed by atoms with Gasteiger partial charge >= 0.3 is 6.18 Å². The second-order valence-corrected chi connectivity index (χ2v) is 6.06. The van der Waals surface area contributed by atoms with Crippen LogP contribution in [0.2, 0.25) is 0 Å². The Labute approximate surface area is 135 Å². The molecule has 7 heteroatoms. The van der Waals surface area contributed by atoms with Gasteiger partial charge in [0.25, 0.3) is 0 Å². The summed E-state index contributed by atoms with van der Waals surface area (Å²) in [5, 5.41) is 5.93. The lowest BCUT2D eigenvalue weighted by atomic mass is 9.91. The largest absolute Gasteiger partial charge is 0.397 e. The number of nitrogen functional groups attached to an aromatic ring is 1. The van der Waals surface area contributed by atoms with Crippen LogP contribution in [0.3, 0.4) is 0 Å². The van der Waals surface area contributed by atoms with E-state index >= 15 is 0 Å². The second-order valence-electron chi connectivity index (χ2n) is 6.06. The lowest BCUT2D eigenvalue weighted by Crippen LogP contribution is -2.38. The Kier molecular flexibility index (Phi) is 5.62. The van der Waals surface area contributed by atoms with Crippen LogP contribution >= 0.6 is 0 Å². The monoisotopic (exact) mass is 330 g/mol. The number of hydrogen-bond acceptors (Lipinski definition) is 4. The number of halogens is 3. The van der Waals surface area contributed by atoms with Crippen LogP contribution in [0.4, 0.5) is 30.2 Å². The molecular weight excluding hydrogens is 305 g/mol. The quantitative estimate of drug-likeness (QED) is 0.530. The van der Waals surface area contributed by atoms with Crippen molar-refractivity contribution in [1.29, 1.82) is 0 Å². The van der Waals surface area contributed by atoms with Gasteiger partial charge in [-0.15, -0.1) is 0 Å². The number of alkyl halides is 3. The molecule has 0 radical (unpaired) electrons. The lowest BCUT2D eigenvalue weighted by Gasteiger charge is -2.38. The van der Waals surface area contributed by atoms with E-state index in [2.05, 4.69) is 15.5 Å². The zero-order valence-corrected chi connectivity index (χ0v) is 13.6. The van der Waals surface area contributed by atoms with E-state index in [0.29, 0.717) is 18.3 Å². The van der Waals surface area contributed by atoms with Crippen molar-refractivity contribution < 1.29 is 13.2 Å². The van der Waals surface area contributed by atoms with Crippen molar-refractivity contribution in [3.63, 3.8) is 0 Å². The average Bonchev–Trinajstić information content (AvgIpc) is 2.40. The van der Waals surface area contributed by atoms with Crippen molar-refractivity contribution in [3.05, 3.63) is 17.7 Å². The Morgan fingerprint density at radius 2 is 2.00 bits per heavy atom. The van der Waals surface area contributed by atoms with Gasteiger partial charge in [-0.05, 0) is 37.0 Å². The molecule has 1 saturated carbocycles. The maximum absolute atomic E-state index is 12.2. The molecule has 1 aromatic carbocycles. The molecule has 0 amide bonds. The fourth-order valence-corrected chi connectivity index (χ4v) is 2.76. The standard InChI is InChI=1S/C16H25F3N4/c1-21-14-9-15(23(2)12-4-3-5-12)11(8-13(14)20)10-22-7-6-16(17,18)19/h8-9,12,21-22H,3-7,10,20H2,1-2H3. The summed E-state index contributed by atoms with van der Waals surface area (Å²) in [4.78, 5) is 2.21. The molecule has 0 saturated heterocycles. The lowest BCUT2D eigenvalue weighted by molar-refractivity contribution is -0.133. The molecule has 1 fully saturated rings.